The smallest absolute Gasteiger partial charge is 0.123 e. The highest BCUT2D eigenvalue weighted by Gasteiger charge is 2.31. The van der Waals surface area contributed by atoms with Crippen LogP contribution in [0.15, 0.2) is 24.3 Å². The molecule has 0 spiro atoms. The zero-order valence-electron chi connectivity index (χ0n) is 13.5. The number of benzene rings is 1. The Labute approximate surface area is 127 Å². The van der Waals surface area contributed by atoms with Crippen LogP contribution in [-0.2, 0) is 4.74 Å². The van der Waals surface area contributed by atoms with Crippen molar-refractivity contribution in [2.45, 2.75) is 44.9 Å². The van der Waals surface area contributed by atoms with Gasteiger partial charge in [-0.2, -0.15) is 0 Å². The highest BCUT2D eigenvalue weighted by atomic mass is 19.1. The molecule has 1 aliphatic rings. The van der Waals surface area contributed by atoms with E-state index in [-0.39, 0.29) is 23.6 Å². The molecular formula is C17H27FN2O. The van der Waals surface area contributed by atoms with Gasteiger partial charge in [-0.05, 0) is 51.9 Å². The van der Waals surface area contributed by atoms with Gasteiger partial charge < -0.3 is 10.1 Å². The summed E-state index contributed by atoms with van der Waals surface area (Å²) in [7, 11) is 1.93. The SMILES string of the molecule is CNC(CCN1CC(C)OC(C)(C)C1)c1cccc(F)c1. The summed E-state index contributed by atoms with van der Waals surface area (Å²) in [6.45, 7) is 9.28. The van der Waals surface area contributed by atoms with E-state index in [9.17, 15) is 4.39 Å². The number of nitrogens with one attached hydrogen (secondary N) is 1. The highest BCUT2D eigenvalue weighted by molar-refractivity contribution is 5.20. The van der Waals surface area contributed by atoms with Crippen molar-refractivity contribution in [3.8, 4) is 0 Å². The Balaban J connectivity index is 1.94. The second-order valence-corrected chi connectivity index (χ2v) is 6.61. The number of halogens is 1. The predicted molar refractivity (Wildman–Crippen MR) is 83.9 cm³/mol. The van der Waals surface area contributed by atoms with Crippen molar-refractivity contribution in [2.24, 2.45) is 0 Å². The van der Waals surface area contributed by atoms with Crippen LogP contribution in [0.4, 0.5) is 4.39 Å². The Morgan fingerprint density at radius 2 is 2.24 bits per heavy atom. The molecule has 0 saturated carbocycles. The number of nitrogens with zero attached hydrogens (tertiary/aromatic N) is 1. The van der Waals surface area contributed by atoms with Gasteiger partial charge >= 0.3 is 0 Å². The van der Waals surface area contributed by atoms with Gasteiger partial charge in [0.05, 0.1) is 11.7 Å². The minimum Gasteiger partial charge on any atom is -0.370 e. The Morgan fingerprint density at radius 3 is 2.86 bits per heavy atom. The maximum absolute atomic E-state index is 13.4. The molecule has 0 radical (unpaired) electrons. The van der Waals surface area contributed by atoms with Crippen LogP contribution in [0.3, 0.4) is 0 Å². The van der Waals surface area contributed by atoms with Crippen LogP contribution >= 0.6 is 0 Å². The molecule has 0 aromatic heterocycles. The molecule has 0 bridgehead atoms. The first kappa shape index (κ1) is 16.4. The van der Waals surface area contributed by atoms with Crippen LogP contribution in [0, 0.1) is 5.82 Å². The standard InChI is InChI=1S/C17H27FN2O/c1-13-11-20(12-17(2,3)21-13)9-8-16(19-4)14-6-5-7-15(18)10-14/h5-7,10,13,16,19H,8-9,11-12H2,1-4H3. The van der Waals surface area contributed by atoms with Crippen LogP contribution in [0.25, 0.3) is 0 Å². The minimum absolute atomic E-state index is 0.0916. The van der Waals surface area contributed by atoms with Gasteiger partial charge in [0.2, 0.25) is 0 Å². The average molecular weight is 294 g/mol. The van der Waals surface area contributed by atoms with Crippen molar-refractivity contribution in [1.29, 1.82) is 0 Å². The topological polar surface area (TPSA) is 24.5 Å². The fraction of sp³-hybridized carbons (Fsp3) is 0.647. The Kier molecular flexibility index (Phi) is 5.36. The third kappa shape index (κ3) is 4.77. The van der Waals surface area contributed by atoms with Gasteiger partial charge in [-0.3, -0.25) is 4.90 Å². The molecule has 2 unspecified atom stereocenters. The number of ether oxygens (including phenoxy) is 1. The third-order valence-corrected chi connectivity index (χ3v) is 3.97. The molecule has 118 valence electrons. The minimum atomic E-state index is -0.172. The summed E-state index contributed by atoms with van der Waals surface area (Å²) in [6, 6.07) is 7.04. The third-order valence-electron chi connectivity index (χ3n) is 3.97. The van der Waals surface area contributed by atoms with E-state index in [0.29, 0.717) is 0 Å². The summed E-state index contributed by atoms with van der Waals surface area (Å²) >= 11 is 0. The molecule has 4 heteroatoms. The average Bonchev–Trinajstić information content (AvgIpc) is 2.37. The molecule has 1 aromatic rings. The van der Waals surface area contributed by atoms with Crippen molar-refractivity contribution >= 4 is 0 Å². The molecule has 1 saturated heterocycles. The van der Waals surface area contributed by atoms with Gasteiger partial charge in [0.25, 0.3) is 0 Å². The van der Waals surface area contributed by atoms with Crippen LogP contribution in [0.1, 0.15) is 38.8 Å². The van der Waals surface area contributed by atoms with Gasteiger partial charge in [0, 0.05) is 25.7 Å². The van der Waals surface area contributed by atoms with E-state index in [0.717, 1.165) is 31.6 Å². The molecular weight excluding hydrogens is 267 g/mol. The Hall–Kier alpha value is -0.970. The zero-order valence-corrected chi connectivity index (χ0v) is 13.5. The molecule has 1 fully saturated rings. The van der Waals surface area contributed by atoms with Crippen LogP contribution in [-0.4, -0.2) is 43.3 Å². The maximum atomic E-state index is 13.4. The van der Waals surface area contributed by atoms with E-state index in [2.05, 4.69) is 31.0 Å². The lowest BCUT2D eigenvalue weighted by atomic mass is 10.0. The summed E-state index contributed by atoms with van der Waals surface area (Å²) in [5.41, 5.74) is 0.920. The molecule has 3 nitrogen and oxygen atoms in total. The van der Waals surface area contributed by atoms with E-state index in [1.807, 2.05) is 13.1 Å². The Bertz CT molecular complexity index is 464. The van der Waals surface area contributed by atoms with Gasteiger partial charge in [-0.25, -0.2) is 4.39 Å². The lowest BCUT2D eigenvalue weighted by Crippen LogP contribution is -2.52. The van der Waals surface area contributed by atoms with E-state index in [1.54, 1.807) is 12.1 Å². The molecule has 2 rings (SSSR count). The quantitative estimate of drug-likeness (QED) is 0.903. The van der Waals surface area contributed by atoms with Gasteiger partial charge in [0.1, 0.15) is 5.82 Å². The van der Waals surface area contributed by atoms with Gasteiger partial charge in [-0.1, -0.05) is 12.1 Å². The molecule has 0 aliphatic carbocycles. The summed E-state index contributed by atoms with van der Waals surface area (Å²) < 4.78 is 19.3. The number of hydrogen-bond donors (Lipinski definition) is 1. The molecule has 1 aromatic carbocycles. The molecule has 1 heterocycles. The van der Waals surface area contributed by atoms with E-state index < -0.39 is 0 Å². The fourth-order valence-corrected chi connectivity index (χ4v) is 3.27. The second kappa shape index (κ2) is 6.86. The first-order valence-corrected chi connectivity index (χ1v) is 7.72. The first-order valence-electron chi connectivity index (χ1n) is 7.72. The number of rotatable bonds is 5. The first-order chi connectivity index (χ1) is 9.89. The second-order valence-electron chi connectivity index (χ2n) is 6.61. The van der Waals surface area contributed by atoms with Crippen molar-refractivity contribution in [2.75, 3.05) is 26.7 Å². The van der Waals surface area contributed by atoms with Crippen LogP contribution < -0.4 is 5.32 Å². The summed E-state index contributed by atoms with van der Waals surface area (Å²) in [4.78, 5) is 2.44. The molecule has 2 atom stereocenters. The molecule has 21 heavy (non-hydrogen) atoms. The predicted octanol–water partition coefficient (Wildman–Crippen LogP) is 2.98. The van der Waals surface area contributed by atoms with Crippen molar-refractivity contribution < 1.29 is 9.13 Å². The summed E-state index contributed by atoms with van der Waals surface area (Å²) in [5, 5.41) is 3.29. The van der Waals surface area contributed by atoms with E-state index in [4.69, 9.17) is 4.74 Å². The molecule has 0 amide bonds. The Morgan fingerprint density at radius 1 is 1.48 bits per heavy atom. The molecule has 1 aliphatic heterocycles. The van der Waals surface area contributed by atoms with Crippen molar-refractivity contribution in [3.63, 3.8) is 0 Å². The monoisotopic (exact) mass is 294 g/mol. The highest BCUT2D eigenvalue weighted by Crippen LogP contribution is 2.23. The zero-order chi connectivity index (χ0) is 15.5. The fourth-order valence-electron chi connectivity index (χ4n) is 3.27. The number of morpholine rings is 1. The summed E-state index contributed by atoms with van der Waals surface area (Å²) in [6.07, 6.45) is 1.22. The van der Waals surface area contributed by atoms with Crippen molar-refractivity contribution in [1.82, 2.24) is 10.2 Å². The van der Waals surface area contributed by atoms with Gasteiger partial charge in [-0.15, -0.1) is 0 Å². The van der Waals surface area contributed by atoms with Crippen LogP contribution in [0.2, 0.25) is 0 Å². The lowest BCUT2D eigenvalue weighted by molar-refractivity contribution is -0.129. The molecule has 1 N–H and O–H groups in total. The lowest BCUT2D eigenvalue weighted by Gasteiger charge is -2.42. The van der Waals surface area contributed by atoms with E-state index >= 15 is 0 Å². The summed E-state index contributed by atoms with van der Waals surface area (Å²) in [5.74, 6) is -0.172. The van der Waals surface area contributed by atoms with Crippen molar-refractivity contribution in [3.05, 3.63) is 35.6 Å². The number of hydrogen-bond acceptors (Lipinski definition) is 3. The van der Waals surface area contributed by atoms with E-state index in [1.165, 1.54) is 6.07 Å². The largest absolute Gasteiger partial charge is 0.370 e. The normalized spacial score (nSPS) is 24.0. The van der Waals surface area contributed by atoms with Gasteiger partial charge in [0.15, 0.2) is 0 Å². The maximum Gasteiger partial charge on any atom is 0.123 e. The van der Waals surface area contributed by atoms with Crippen LogP contribution in [0.5, 0.6) is 0 Å².